The molecule has 0 saturated heterocycles. The van der Waals surface area contributed by atoms with E-state index in [9.17, 15) is 14.4 Å². The molecule has 6 heteroatoms. The first-order chi connectivity index (χ1) is 34.5. The van der Waals surface area contributed by atoms with Crippen LogP contribution in [0.25, 0.3) is 0 Å². The van der Waals surface area contributed by atoms with E-state index in [1.807, 2.05) is 60.8 Å². The average Bonchev–Trinajstić information content (AvgIpc) is 3.36. The fraction of sp³-hybridized carbons (Fsp3) is 0.547. The van der Waals surface area contributed by atoms with Crippen LogP contribution in [0.15, 0.2) is 158 Å². The minimum absolute atomic E-state index is 0.117. The Kier molecular flexibility index (Phi) is 52.6. The lowest BCUT2D eigenvalue weighted by atomic mass is 10.1. The van der Waals surface area contributed by atoms with Gasteiger partial charge >= 0.3 is 17.9 Å². The number of esters is 3. The Labute approximate surface area is 429 Å². The van der Waals surface area contributed by atoms with Crippen molar-refractivity contribution in [3.8, 4) is 0 Å². The molecule has 0 saturated carbocycles. The lowest BCUT2D eigenvalue weighted by Gasteiger charge is -2.18. The Morgan fingerprint density at radius 3 is 0.986 bits per heavy atom. The minimum Gasteiger partial charge on any atom is -0.462 e. The zero-order chi connectivity index (χ0) is 50.7. The van der Waals surface area contributed by atoms with Gasteiger partial charge in [0.2, 0.25) is 0 Å². The summed E-state index contributed by atoms with van der Waals surface area (Å²) in [4.78, 5) is 38.1. The predicted octanol–water partition coefficient (Wildman–Crippen LogP) is 18.6. The molecule has 0 bridgehead atoms. The molecule has 0 heterocycles. The number of ether oxygens (including phenoxy) is 3. The van der Waals surface area contributed by atoms with E-state index in [4.69, 9.17) is 14.2 Å². The Morgan fingerprint density at radius 2 is 0.586 bits per heavy atom. The molecule has 0 amide bonds. The summed E-state index contributed by atoms with van der Waals surface area (Å²) in [6, 6.07) is 0. The van der Waals surface area contributed by atoms with E-state index in [0.29, 0.717) is 19.3 Å². The van der Waals surface area contributed by atoms with E-state index in [-0.39, 0.29) is 37.5 Å². The number of hydrogen-bond acceptors (Lipinski definition) is 6. The van der Waals surface area contributed by atoms with E-state index in [1.165, 1.54) is 38.5 Å². The monoisotopic (exact) mass is 963 g/mol. The van der Waals surface area contributed by atoms with Gasteiger partial charge < -0.3 is 14.2 Å². The second-order valence-corrected chi connectivity index (χ2v) is 17.5. The molecule has 0 aromatic rings. The Balaban J connectivity index is 4.56. The first-order valence-electron chi connectivity index (χ1n) is 27.6. The van der Waals surface area contributed by atoms with Crippen LogP contribution in [0.5, 0.6) is 0 Å². The standard InChI is InChI=1S/C64H98O6/c1-4-7-10-13-16-19-22-25-28-31-32-34-36-39-42-45-48-51-54-57-63(66)69-60-61(59-68-62(65)56-53-50-47-44-41-38-35-30-27-24-21-18-15-12-9-6-3)70-64(67)58-55-52-49-46-43-40-37-33-29-26-23-20-17-14-11-8-5-2/h7-12,14,16-21,23,25-30,33,37-38,40-41,43,61H,4-6,13,15,22,24,31-32,34-36,39,42,44-60H2,1-3H3/b10-7-,11-8-,12-9-,17-14-,19-16-,21-18-,23-20-,28-25-,29-26-,30-27-,37-33+,41-38-,43-40-. The van der Waals surface area contributed by atoms with Crippen LogP contribution in [-0.2, 0) is 28.6 Å². The van der Waals surface area contributed by atoms with E-state index in [1.54, 1.807) is 0 Å². The highest BCUT2D eigenvalue weighted by molar-refractivity contribution is 5.71. The van der Waals surface area contributed by atoms with Crippen molar-refractivity contribution in [3.63, 3.8) is 0 Å². The largest absolute Gasteiger partial charge is 0.462 e. The van der Waals surface area contributed by atoms with Crippen molar-refractivity contribution in [1.82, 2.24) is 0 Å². The highest BCUT2D eigenvalue weighted by Crippen LogP contribution is 2.13. The van der Waals surface area contributed by atoms with Crippen molar-refractivity contribution >= 4 is 17.9 Å². The second kappa shape index (κ2) is 56.6. The normalized spacial score (nSPS) is 13.4. The van der Waals surface area contributed by atoms with Gasteiger partial charge in [-0.15, -0.1) is 0 Å². The lowest BCUT2D eigenvalue weighted by Crippen LogP contribution is -2.30. The summed E-state index contributed by atoms with van der Waals surface area (Å²) >= 11 is 0. The first kappa shape index (κ1) is 65.0. The Bertz CT molecular complexity index is 1620. The quantitative estimate of drug-likeness (QED) is 0.0199. The van der Waals surface area contributed by atoms with E-state index >= 15 is 0 Å². The van der Waals surface area contributed by atoms with Crippen molar-refractivity contribution in [1.29, 1.82) is 0 Å². The maximum atomic E-state index is 12.8. The molecule has 0 aliphatic heterocycles. The summed E-state index contributed by atoms with van der Waals surface area (Å²) in [6.07, 6.45) is 82.2. The predicted molar refractivity (Wildman–Crippen MR) is 302 cm³/mol. The number of hydrogen-bond donors (Lipinski definition) is 0. The summed E-state index contributed by atoms with van der Waals surface area (Å²) in [5.74, 6) is -1.01. The maximum Gasteiger partial charge on any atom is 0.306 e. The smallest absolute Gasteiger partial charge is 0.306 e. The molecule has 0 radical (unpaired) electrons. The molecule has 0 aliphatic rings. The van der Waals surface area contributed by atoms with E-state index in [2.05, 4.69) is 118 Å². The maximum absolute atomic E-state index is 12.8. The fourth-order valence-electron chi connectivity index (χ4n) is 6.89. The zero-order valence-electron chi connectivity index (χ0n) is 44.5. The number of carbonyl (C=O) groups is 3. The van der Waals surface area contributed by atoms with Gasteiger partial charge in [-0.2, -0.15) is 0 Å². The molecule has 1 unspecified atom stereocenters. The Hall–Kier alpha value is -4.97. The molecular weight excluding hydrogens is 865 g/mol. The van der Waals surface area contributed by atoms with Crippen molar-refractivity contribution in [2.45, 2.75) is 213 Å². The van der Waals surface area contributed by atoms with Gasteiger partial charge in [-0.1, -0.05) is 237 Å². The topological polar surface area (TPSA) is 78.9 Å². The summed E-state index contributed by atoms with van der Waals surface area (Å²) in [6.45, 7) is 6.18. The van der Waals surface area contributed by atoms with Gasteiger partial charge in [-0.05, 0) is 109 Å². The molecule has 6 nitrogen and oxygen atoms in total. The third kappa shape index (κ3) is 54.0. The third-order valence-electron chi connectivity index (χ3n) is 10.9. The van der Waals surface area contributed by atoms with Crippen LogP contribution in [-0.4, -0.2) is 37.2 Å². The number of unbranched alkanes of at least 4 members (excludes halogenated alkanes) is 15. The van der Waals surface area contributed by atoms with Crippen LogP contribution < -0.4 is 0 Å². The highest BCUT2D eigenvalue weighted by atomic mass is 16.6. The third-order valence-corrected chi connectivity index (χ3v) is 10.9. The van der Waals surface area contributed by atoms with E-state index in [0.717, 1.165) is 122 Å². The molecule has 0 rings (SSSR count). The minimum atomic E-state index is -0.826. The van der Waals surface area contributed by atoms with Crippen molar-refractivity contribution in [3.05, 3.63) is 158 Å². The summed E-state index contributed by atoms with van der Waals surface area (Å²) in [7, 11) is 0. The van der Waals surface area contributed by atoms with Gasteiger partial charge in [0.05, 0.1) is 0 Å². The van der Waals surface area contributed by atoms with E-state index < -0.39 is 6.10 Å². The van der Waals surface area contributed by atoms with Crippen LogP contribution >= 0.6 is 0 Å². The number of carbonyl (C=O) groups excluding carboxylic acids is 3. The van der Waals surface area contributed by atoms with Crippen molar-refractivity contribution < 1.29 is 28.6 Å². The molecule has 1 atom stereocenters. The fourth-order valence-corrected chi connectivity index (χ4v) is 6.89. The van der Waals surface area contributed by atoms with Crippen LogP contribution in [0.4, 0.5) is 0 Å². The number of allylic oxidation sites excluding steroid dienone is 26. The van der Waals surface area contributed by atoms with Gasteiger partial charge in [-0.3, -0.25) is 14.4 Å². The van der Waals surface area contributed by atoms with Crippen molar-refractivity contribution in [2.24, 2.45) is 0 Å². The molecule has 0 N–H and O–H groups in total. The van der Waals surface area contributed by atoms with Gasteiger partial charge in [-0.25, -0.2) is 0 Å². The molecule has 0 aromatic heterocycles. The summed E-state index contributed by atoms with van der Waals surface area (Å²) in [5.41, 5.74) is 0. The summed E-state index contributed by atoms with van der Waals surface area (Å²) < 4.78 is 16.8. The van der Waals surface area contributed by atoms with Crippen LogP contribution in [0.2, 0.25) is 0 Å². The lowest BCUT2D eigenvalue weighted by molar-refractivity contribution is -0.167. The van der Waals surface area contributed by atoms with Gasteiger partial charge in [0.15, 0.2) is 6.10 Å². The SMILES string of the molecule is CC\C=C/C=C\C=C/C=C\C=C\C=C/CCCCCC(=O)OC(COC(=O)CCCCC/C=C\C/C=C\C/C=C\C/C=C\CC)COC(=O)CCCCCCCCCCC/C=C\C/C=C\C/C=C\CC. The molecule has 0 aliphatic carbocycles. The Morgan fingerprint density at radius 1 is 0.300 bits per heavy atom. The zero-order valence-corrected chi connectivity index (χ0v) is 44.5. The molecule has 0 spiro atoms. The van der Waals surface area contributed by atoms with Gasteiger partial charge in [0.25, 0.3) is 0 Å². The molecular formula is C64H98O6. The molecule has 70 heavy (non-hydrogen) atoms. The second-order valence-electron chi connectivity index (χ2n) is 17.5. The first-order valence-corrected chi connectivity index (χ1v) is 27.6. The molecule has 0 fully saturated rings. The molecule has 390 valence electrons. The van der Waals surface area contributed by atoms with Gasteiger partial charge in [0.1, 0.15) is 13.2 Å². The summed E-state index contributed by atoms with van der Waals surface area (Å²) in [5, 5.41) is 0. The molecule has 0 aromatic carbocycles. The average molecular weight is 963 g/mol. The number of rotatable bonds is 47. The highest BCUT2D eigenvalue weighted by Gasteiger charge is 2.19. The van der Waals surface area contributed by atoms with Crippen LogP contribution in [0.1, 0.15) is 207 Å². The van der Waals surface area contributed by atoms with Crippen LogP contribution in [0, 0.1) is 0 Å². The van der Waals surface area contributed by atoms with Crippen molar-refractivity contribution in [2.75, 3.05) is 13.2 Å². The van der Waals surface area contributed by atoms with Crippen LogP contribution in [0.3, 0.4) is 0 Å². The van der Waals surface area contributed by atoms with Gasteiger partial charge in [0, 0.05) is 19.3 Å².